The Morgan fingerprint density at radius 3 is 2.56 bits per heavy atom. The first-order valence-electron chi connectivity index (χ1n) is 7.04. The average Bonchev–Trinajstić information content (AvgIpc) is 2.56. The van der Waals surface area contributed by atoms with Crippen molar-refractivity contribution < 1.29 is 22.7 Å². The minimum Gasteiger partial charge on any atom is -0.383 e. The highest BCUT2D eigenvalue weighted by atomic mass is 35.5. The summed E-state index contributed by atoms with van der Waals surface area (Å²) in [6, 6.07) is 2.86. The molecule has 0 aliphatic rings. The zero-order valence-electron chi connectivity index (χ0n) is 13.0. The molecule has 0 saturated heterocycles. The number of alkyl halides is 3. The van der Waals surface area contributed by atoms with Gasteiger partial charge < -0.3 is 15.4 Å². The zero-order chi connectivity index (χ0) is 18.4. The number of halogens is 4. The quantitative estimate of drug-likeness (QED) is 0.759. The van der Waals surface area contributed by atoms with Crippen LogP contribution in [0.2, 0.25) is 5.02 Å². The van der Waals surface area contributed by atoms with E-state index >= 15 is 0 Å². The van der Waals surface area contributed by atoms with Gasteiger partial charge in [0.05, 0.1) is 28.4 Å². The molecule has 1 aromatic heterocycles. The van der Waals surface area contributed by atoms with E-state index < -0.39 is 11.7 Å². The fourth-order valence-corrected chi connectivity index (χ4v) is 1.96. The monoisotopic (exact) mass is 374 g/mol. The lowest BCUT2D eigenvalue weighted by atomic mass is 10.2. The van der Waals surface area contributed by atoms with Gasteiger partial charge in [0.15, 0.2) is 0 Å². The summed E-state index contributed by atoms with van der Waals surface area (Å²) in [6.07, 6.45) is -2.00. The third-order valence-corrected chi connectivity index (χ3v) is 3.38. The molecule has 1 heterocycles. The summed E-state index contributed by atoms with van der Waals surface area (Å²) < 4.78 is 43.1. The minimum atomic E-state index is -4.49. The highest BCUT2D eigenvalue weighted by Crippen LogP contribution is 2.34. The highest BCUT2D eigenvalue weighted by Gasteiger charge is 2.31. The van der Waals surface area contributed by atoms with Gasteiger partial charge in [-0.1, -0.05) is 11.6 Å². The van der Waals surface area contributed by atoms with Gasteiger partial charge in [0.1, 0.15) is 0 Å². The van der Waals surface area contributed by atoms with Crippen molar-refractivity contribution in [3.8, 4) is 0 Å². The Bertz CT molecular complexity index is 739. The second-order valence-electron chi connectivity index (χ2n) is 4.86. The largest absolute Gasteiger partial charge is 0.416 e. The standard InChI is InChI=1S/C15H14ClF3N4O2/c1-25-5-4-20-13(24)9-7-21-14(22-8-9)23-12-6-10(15(17,18)19)2-3-11(12)16/h2-3,6-8H,4-5H2,1H3,(H,20,24)(H,21,22,23). The lowest BCUT2D eigenvalue weighted by Crippen LogP contribution is -2.27. The topological polar surface area (TPSA) is 76.1 Å². The van der Waals surface area contributed by atoms with Crippen molar-refractivity contribution in [3.63, 3.8) is 0 Å². The van der Waals surface area contributed by atoms with Gasteiger partial charge in [-0.2, -0.15) is 13.2 Å². The second kappa shape index (κ2) is 8.13. The predicted octanol–water partition coefficient (Wildman–Crippen LogP) is 3.27. The summed E-state index contributed by atoms with van der Waals surface area (Å²) in [7, 11) is 1.51. The summed E-state index contributed by atoms with van der Waals surface area (Å²) in [6.45, 7) is 0.690. The number of rotatable bonds is 6. The van der Waals surface area contributed by atoms with Gasteiger partial charge in [-0.3, -0.25) is 4.79 Å². The SMILES string of the molecule is COCCNC(=O)c1cnc(Nc2cc(C(F)(F)F)ccc2Cl)nc1. The number of anilines is 2. The molecular weight excluding hydrogens is 361 g/mol. The number of benzene rings is 1. The van der Waals surface area contributed by atoms with Crippen LogP contribution in [0.3, 0.4) is 0 Å². The van der Waals surface area contributed by atoms with Gasteiger partial charge in [-0.05, 0) is 18.2 Å². The van der Waals surface area contributed by atoms with E-state index in [2.05, 4.69) is 20.6 Å². The Hall–Kier alpha value is -2.39. The van der Waals surface area contributed by atoms with Crippen LogP contribution in [0.5, 0.6) is 0 Å². The van der Waals surface area contributed by atoms with Crippen LogP contribution < -0.4 is 10.6 Å². The Labute approximate surface area is 146 Å². The van der Waals surface area contributed by atoms with Crippen LogP contribution in [0.1, 0.15) is 15.9 Å². The molecule has 0 radical (unpaired) electrons. The number of aromatic nitrogens is 2. The maximum atomic E-state index is 12.8. The number of ether oxygens (including phenoxy) is 1. The van der Waals surface area contributed by atoms with Crippen molar-refractivity contribution in [2.45, 2.75) is 6.18 Å². The van der Waals surface area contributed by atoms with Crippen LogP contribution in [0.4, 0.5) is 24.8 Å². The van der Waals surface area contributed by atoms with Crippen LogP contribution in [0, 0.1) is 0 Å². The second-order valence-corrected chi connectivity index (χ2v) is 5.27. The van der Waals surface area contributed by atoms with Crippen LogP contribution in [-0.4, -0.2) is 36.1 Å². The molecule has 0 atom stereocenters. The number of hydrogen-bond acceptors (Lipinski definition) is 5. The third-order valence-electron chi connectivity index (χ3n) is 3.05. The van der Waals surface area contributed by atoms with Gasteiger partial charge in [0.25, 0.3) is 5.91 Å². The predicted molar refractivity (Wildman–Crippen MR) is 86.0 cm³/mol. The molecule has 0 unspecified atom stereocenters. The molecule has 0 aliphatic carbocycles. The maximum Gasteiger partial charge on any atom is 0.416 e. The molecule has 1 aromatic carbocycles. The van der Waals surface area contributed by atoms with Crippen LogP contribution >= 0.6 is 11.6 Å². The van der Waals surface area contributed by atoms with Crippen LogP contribution in [-0.2, 0) is 10.9 Å². The molecule has 0 aliphatic heterocycles. The van der Waals surface area contributed by atoms with E-state index in [1.165, 1.54) is 19.5 Å². The molecule has 2 rings (SSSR count). The van der Waals surface area contributed by atoms with Gasteiger partial charge in [0.2, 0.25) is 5.95 Å². The van der Waals surface area contributed by atoms with Gasteiger partial charge >= 0.3 is 6.18 Å². The van der Waals surface area contributed by atoms with Crippen molar-refractivity contribution in [2.24, 2.45) is 0 Å². The molecule has 0 spiro atoms. The number of hydrogen-bond donors (Lipinski definition) is 2. The maximum absolute atomic E-state index is 12.8. The summed E-state index contributed by atoms with van der Waals surface area (Å²) in [5, 5.41) is 5.27. The molecule has 2 N–H and O–H groups in total. The number of methoxy groups -OCH3 is 1. The Balaban J connectivity index is 2.10. The summed E-state index contributed by atoms with van der Waals surface area (Å²) in [5.41, 5.74) is -0.640. The van der Waals surface area contributed by atoms with E-state index in [-0.39, 0.29) is 28.1 Å². The van der Waals surface area contributed by atoms with Gasteiger partial charge in [-0.25, -0.2) is 9.97 Å². The smallest absolute Gasteiger partial charge is 0.383 e. The molecule has 10 heteroatoms. The lowest BCUT2D eigenvalue weighted by Gasteiger charge is -2.11. The summed E-state index contributed by atoms with van der Waals surface area (Å²) in [4.78, 5) is 19.6. The van der Waals surface area contributed by atoms with E-state index in [9.17, 15) is 18.0 Å². The average molecular weight is 375 g/mol. The van der Waals surface area contributed by atoms with Crippen molar-refractivity contribution >= 4 is 29.1 Å². The summed E-state index contributed by atoms with van der Waals surface area (Å²) >= 11 is 5.89. The molecular formula is C15H14ClF3N4O2. The fraction of sp³-hybridized carbons (Fsp3) is 0.267. The Morgan fingerprint density at radius 1 is 1.28 bits per heavy atom. The van der Waals surface area contributed by atoms with Gasteiger partial charge in [0, 0.05) is 26.0 Å². The van der Waals surface area contributed by atoms with Crippen molar-refractivity contribution in [3.05, 3.63) is 46.7 Å². The Kier molecular flexibility index (Phi) is 6.16. The van der Waals surface area contributed by atoms with Crippen molar-refractivity contribution in [2.75, 3.05) is 25.6 Å². The van der Waals surface area contributed by atoms with E-state index in [1.54, 1.807) is 0 Å². The molecule has 2 aromatic rings. The highest BCUT2D eigenvalue weighted by molar-refractivity contribution is 6.33. The first kappa shape index (κ1) is 18.9. The number of nitrogens with one attached hydrogen (secondary N) is 2. The molecule has 6 nitrogen and oxygen atoms in total. The first-order chi connectivity index (χ1) is 11.8. The fourth-order valence-electron chi connectivity index (χ4n) is 1.80. The normalized spacial score (nSPS) is 11.2. The van der Waals surface area contributed by atoms with Crippen molar-refractivity contribution in [1.29, 1.82) is 0 Å². The summed E-state index contributed by atoms with van der Waals surface area (Å²) in [5.74, 6) is -0.379. The molecule has 25 heavy (non-hydrogen) atoms. The number of amides is 1. The Morgan fingerprint density at radius 2 is 1.96 bits per heavy atom. The van der Waals surface area contributed by atoms with E-state index in [0.717, 1.165) is 18.2 Å². The number of carbonyl (C=O) groups is 1. The molecule has 1 amide bonds. The van der Waals surface area contributed by atoms with Gasteiger partial charge in [-0.15, -0.1) is 0 Å². The van der Waals surface area contributed by atoms with E-state index in [1.807, 2.05) is 0 Å². The number of carbonyl (C=O) groups excluding carboxylic acids is 1. The molecule has 134 valence electrons. The molecule has 0 fully saturated rings. The van der Waals surface area contributed by atoms with Crippen molar-refractivity contribution in [1.82, 2.24) is 15.3 Å². The molecule has 0 bridgehead atoms. The van der Waals surface area contributed by atoms with Crippen LogP contribution in [0.25, 0.3) is 0 Å². The first-order valence-corrected chi connectivity index (χ1v) is 7.42. The third kappa shape index (κ3) is 5.30. The van der Waals surface area contributed by atoms with E-state index in [4.69, 9.17) is 16.3 Å². The molecule has 0 saturated carbocycles. The van der Waals surface area contributed by atoms with E-state index in [0.29, 0.717) is 13.2 Å². The van der Waals surface area contributed by atoms with Crippen LogP contribution in [0.15, 0.2) is 30.6 Å². The number of nitrogens with zero attached hydrogens (tertiary/aromatic N) is 2. The minimum absolute atomic E-state index is 0.00814. The zero-order valence-corrected chi connectivity index (χ0v) is 13.8. The lowest BCUT2D eigenvalue weighted by molar-refractivity contribution is -0.137.